The Morgan fingerprint density at radius 1 is 1.30 bits per heavy atom. The lowest BCUT2D eigenvalue weighted by atomic mass is 9.78. The Balaban J connectivity index is 1.85. The van der Waals surface area contributed by atoms with Crippen LogP contribution in [0.15, 0.2) is 34.9 Å². The minimum Gasteiger partial charge on any atom is -0.337 e. The molecule has 2 heterocycles. The molecule has 0 amide bonds. The highest BCUT2D eigenvalue weighted by atomic mass is 16.5. The van der Waals surface area contributed by atoms with E-state index >= 15 is 0 Å². The first-order valence-electron chi connectivity index (χ1n) is 7.22. The van der Waals surface area contributed by atoms with Crippen LogP contribution in [0, 0.1) is 5.41 Å². The van der Waals surface area contributed by atoms with E-state index in [1.807, 2.05) is 6.92 Å². The molecule has 0 bridgehead atoms. The average Bonchev–Trinajstić information content (AvgIpc) is 3.03. The molecule has 3 rings (SSSR count). The fourth-order valence-corrected chi connectivity index (χ4v) is 3.05. The molecule has 1 atom stereocenters. The minimum absolute atomic E-state index is 0.203. The fraction of sp³-hybridized carbons (Fsp3) is 0.500. The molecule has 0 N–H and O–H groups in total. The van der Waals surface area contributed by atoms with E-state index in [-0.39, 0.29) is 5.41 Å². The van der Waals surface area contributed by atoms with Crippen LogP contribution in [0.1, 0.15) is 38.1 Å². The molecule has 0 saturated carbocycles. The van der Waals surface area contributed by atoms with Crippen molar-refractivity contribution >= 4 is 5.95 Å². The van der Waals surface area contributed by atoms with E-state index in [1.165, 1.54) is 5.56 Å². The normalized spacial score (nSPS) is 21.4. The quantitative estimate of drug-likeness (QED) is 0.859. The van der Waals surface area contributed by atoms with Crippen molar-refractivity contribution in [3.8, 4) is 0 Å². The van der Waals surface area contributed by atoms with E-state index in [4.69, 9.17) is 4.52 Å². The van der Waals surface area contributed by atoms with Crippen LogP contribution in [0.3, 0.4) is 0 Å². The number of hydrogen-bond acceptors (Lipinski definition) is 4. The lowest BCUT2D eigenvalue weighted by molar-refractivity contribution is 0.364. The predicted octanol–water partition coefficient (Wildman–Crippen LogP) is 3.26. The number of rotatable bonds is 3. The van der Waals surface area contributed by atoms with Crippen LogP contribution in [-0.4, -0.2) is 23.2 Å². The molecule has 1 aromatic carbocycles. The Bertz CT molecular complexity index is 576. The SMILES string of the molecule is CCc1nc(N2CC(c3ccccc3)C(C)(C)C2)no1. The fourth-order valence-electron chi connectivity index (χ4n) is 3.05. The summed E-state index contributed by atoms with van der Waals surface area (Å²) < 4.78 is 5.23. The second-order valence-corrected chi connectivity index (χ2v) is 6.17. The van der Waals surface area contributed by atoms with E-state index < -0.39 is 0 Å². The number of nitrogens with zero attached hydrogens (tertiary/aromatic N) is 3. The van der Waals surface area contributed by atoms with Gasteiger partial charge >= 0.3 is 0 Å². The highest BCUT2D eigenvalue weighted by Crippen LogP contribution is 2.43. The van der Waals surface area contributed by atoms with E-state index in [0.29, 0.717) is 11.8 Å². The second-order valence-electron chi connectivity index (χ2n) is 6.17. The van der Waals surface area contributed by atoms with Gasteiger partial charge in [-0.1, -0.05) is 51.1 Å². The topological polar surface area (TPSA) is 42.2 Å². The van der Waals surface area contributed by atoms with Gasteiger partial charge in [-0.15, -0.1) is 0 Å². The molecule has 4 heteroatoms. The molecule has 0 spiro atoms. The third-order valence-corrected chi connectivity index (χ3v) is 4.19. The Labute approximate surface area is 119 Å². The highest BCUT2D eigenvalue weighted by molar-refractivity contribution is 5.37. The summed E-state index contributed by atoms with van der Waals surface area (Å²) in [6.45, 7) is 8.55. The maximum atomic E-state index is 5.23. The van der Waals surface area contributed by atoms with Crippen LogP contribution in [0.4, 0.5) is 5.95 Å². The summed E-state index contributed by atoms with van der Waals surface area (Å²) in [6.07, 6.45) is 0.784. The number of aryl methyl sites for hydroxylation is 1. The van der Waals surface area contributed by atoms with Crippen LogP contribution in [0.5, 0.6) is 0 Å². The van der Waals surface area contributed by atoms with Crippen molar-refractivity contribution in [2.75, 3.05) is 18.0 Å². The van der Waals surface area contributed by atoms with Crippen molar-refractivity contribution in [3.05, 3.63) is 41.8 Å². The third-order valence-electron chi connectivity index (χ3n) is 4.19. The highest BCUT2D eigenvalue weighted by Gasteiger charge is 2.41. The van der Waals surface area contributed by atoms with Crippen molar-refractivity contribution in [1.82, 2.24) is 10.1 Å². The van der Waals surface area contributed by atoms with Crippen molar-refractivity contribution < 1.29 is 4.52 Å². The van der Waals surface area contributed by atoms with Gasteiger partial charge in [0.1, 0.15) is 0 Å². The summed E-state index contributed by atoms with van der Waals surface area (Å²) in [7, 11) is 0. The first kappa shape index (κ1) is 13.2. The van der Waals surface area contributed by atoms with Crippen LogP contribution in [0.2, 0.25) is 0 Å². The molecule has 4 nitrogen and oxygen atoms in total. The molecule has 2 aromatic rings. The lowest BCUT2D eigenvalue weighted by Crippen LogP contribution is -2.24. The molecule has 1 fully saturated rings. The Kier molecular flexibility index (Phi) is 3.24. The van der Waals surface area contributed by atoms with Crippen molar-refractivity contribution in [2.24, 2.45) is 5.41 Å². The van der Waals surface area contributed by atoms with E-state index in [0.717, 1.165) is 25.5 Å². The monoisotopic (exact) mass is 271 g/mol. The first-order valence-corrected chi connectivity index (χ1v) is 7.22. The second kappa shape index (κ2) is 4.93. The first-order chi connectivity index (χ1) is 9.60. The van der Waals surface area contributed by atoms with Crippen molar-refractivity contribution in [2.45, 2.75) is 33.1 Å². The molecule has 1 unspecified atom stereocenters. The zero-order chi connectivity index (χ0) is 14.2. The molecule has 0 radical (unpaired) electrons. The van der Waals surface area contributed by atoms with Gasteiger partial charge in [0.2, 0.25) is 5.89 Å². The number of benzene rings is 1. The standard InChI is InChI=1S/C16H21N3O/c1-4-14-17-15(18-20-14)19-10-13(16(2,3)11-19)12-8-6-5-7-9-12/h5-9,13H,4,10-11H2,1-3H3. The summed E-state index contributed by atoms with van der Waals surface area (Å²) in [5, 5.41) is 4.10. The number of aromatic nitrogens is 2. The molecule has 0 aliphatic carbocycles. The van der Waals surface area contributed by atoms with Gasteiger partial charge in [0.25, 0.3) is 5.95 Å². The summed E-state index contributed by atoms with van der Waals surface area (Å²) >= 11 is 0. The van der Waals surface area contributed by atoms with Crippen molar-refractivity contribution in [1.29, 1.82) is 0 Å². The third kappa shape index (κ3) is 2.30. The molecule has 1 aromatic heterocycles. The van der Waals surface area contributed by atoms with Gasteiger partial charge in [-0.3, -0.25) is 0 Å². The van der Waals surface area contributed by atoms with Gasteiger partial charge in [0.15, 0.2) is 0 Å². The van der Waals surface area contributed by atoms with Gasteiger partial charge in [-0.25, -0.2) is 0 Å². The molecular weight excluding hydrogens is 250 g/mol. The maximum absolute atomic E-state index is 5.23. The molecule has 1 aliphatic rings. The zero-order valence-electron chi connectivity index (χ0n) is 12.3. The van der Waals surface area contributed by atoms with Gasteiger partial charge in [0, 0.05) is 25.4 Å². The predicted molar refractivity (Wildman–Crippen MR) is 78.9 cm³/mol. The Morgan fingerprint density at radius 3 is 2.70 bits per heavy atom. The van der Waals surface area contributed by atoms with Crippen LogP contribution in [-0.2, 0) is 6.42 Å². The molecule has 106 valence electrons. The van der Waals surface area contributed by atoms with Gasteiger partial charge < -0.3 is 9.42 Å². The average molecular weight is 271 g/mol. The maximum Gasteiger partial charge on any atom is 0.266 e. The van der Waals surface area contributed by atoms with Gasteiger partial charge in [-0.05, 0) is 16.1 Å². The summed E-state index contributed by atoms with van der Waals surface area (Å²) in [5.74, 6) is 1.93. The largest absolute Gasteiger partial charge is 0.337 e. The molecular formula is C16H21N3O. The Hall–Kier alpha value is -1.84. The van der Waals surface area contributed by atoms with Crippen LogP contribution >= 0.6 is 0 Å². The zero-order valence-corrected chi connectivity index (χ0v) is 12.3. The number of anilines is 1. The van der Waals surface area contributed by atoms with E-state index in [1.54, 1.807) is 0 Å². The van der Waals surface area contributed by atoms with E-state index in [2.05, 4.69) is 59.2 Å². The van der Waals surface area contributed by atoms with Crippen LogP contribution in [0.25, 0.3) is 0 Å². The lowest BCUT2D eigenvalue weighted by Gasteiger charge is -2.25. The molecule has 20 heavy (non-hydrogen) atoms. The van der Waals surface area contributed by atoms with E-state index in [9.17, 15) is 0 Å². The van der Waals surface area contributed by atoms with Crippen molar-refractivity contribution in [3.63, 3.8) is 0 Å². The summed E-state index contributed by atoms with van der Waals surface area (Å²) in [4.78, 5) is 6.69. The smallest absolute Gasteiger partial charge is 0.266 e. The summed E-state index contributed by atoms with van der Waals surface area (Å²) in [6, 6.07) is 10.7. The van der Waals surface area contributed by atoms with Gasteiger partial charge in [-0.2, -0.15) is 4.98 Å². The molecule has 1 aliphatic heterocycles. The number of hydrogen-bond donors (Lipinski definition) is 0. The minimum atomic E-state index is 0.203. The Morgan fingerprint density at radius 2 is 2.05 bits per heavy atom. The van der Waals surface area contributed by atoms with Crippen LogP contribution < -0.4 is 4.90 Å². The van der Waals surface area contributed by atoms with Gasteiger partial charge in [0.05, 0.1) is 0 Å². The summed E-state index contributed by atoms with van der Waals surface area (Å²) in [5.41, 5.74) is 1.59. The molecule has 1 saturated heterocycles.